The van der Waals surface area contributed by atoms with Crippen molar-refractivity contribution in [1.82, 2.24) is 0 Å². The largest absolute Gasteiger partial charge is 0.394 e. The molecule has 2 N–H and O–H groups in total. The van der Waals surface area contributed by atoms with Gasteiger partial charge in [-0.1, -0.05) is 45.4 Å². The summed E-state index contributed by atoms with van der Waals surface area (Å²) in [4.78, 5) is 0. The number of rotatable bonds is 13. The zero-order chi connectivity index (χ0) is 29.6. The average Bonchev–Trinajstić information content (AvgIpc) is 3.64. The highest BCUT2D eigenvalue weighted by atomic mass is 16.6. The first-order valence-electron chi connectivity index (χ1n) is 13.3. The summed E-state index contributed by atoms with van der Waals surface area (Å²) in [5, 5.41) is 17.0. The fourth-order valence-electron chi connectivity index (χ4n) is 1.68. The van der Waals surface area contributed by atoms with Crippen molar-refractivity contribution < 1.29 is 33.9 Å². The summed E-state index contributed by atoms with van der Waals surface area (Å²) in [5.74, 6) is 3.09. The van der Waals surface area contributed by atoms with Gasteiger partial charge in [-0.3, -0.25) is 0 Å². The molecule has 2 atom stereocenters. The van der Waals surface area contributed by atoms with E-state index in [1.807, 2.05) is 62.3 Å². The van der Waals surface area contributed by atoms with Crippen LogP contribution in [0.3, 0.4) is 0 Å². The Bertz CT molecular complexity index is 503. The molecule has 38 heavy (non-hydrogen) atoms. The molecule has 1 heterocycles. The Hall–Kier alpha value is -1.24. The summed E-state index contributed by atoms with van der Waals surface area (Å²) in [6.07, 6.45) is 11.6. The molecule has 0 aliphatic carbocycles. The first-order chi connectivity index (χ1) is 17.3. The van der Waals surface area contributed by atoms with Gasteiger partial charge in [-0.05, 0) is 68.2 Å². The fourth-order valence-corrected chi connectivity index (χ4v) is 1.68. The molecular formula is C31H64O7. The second-order valence-corrected chi connectivity index (χ2v) is 9.56. The molecule has 1 aliphatic rings. The second kappa shape index (κ2) is 35.8. The zero-order valence-electron chi connectivity index (χ0n) is 25.7. The number of hydrogen-bond acceptors (Lipinski definition) is 7. The lowest BCUT2D eigenvalue weighted by Gasteiger charge is -2.10. The Morgan fingerprint density at radius 1 is 0.921 bits per heavy atom. The number of aliphatic hydroxyl groups excluding tert-OH is 2. The molecule has 0 aromatic rings. The van der Waals surface area contributed by atoms with Crippen molar-refractivity contribution in [3.63, 3.8) is 0 Å². The smallest absolute Gasteiger partial charge is 0.107 e. The third-order valence-electron chi connectivity index (χ3n) is 3.48. The third kappa shape index (κ3) is 64.6. The fraction of sp³-hybridized carbons (Fsp3) is 0.806. The average molecular weight is 549 g/mol. The van der Waals surface area contributed by atoms with Gasteiger partial charge in [0.2, 0.25) is 0 Å². The Balaban J connectivity index is -0.000000119. The van der Waals surface area contributed by atoms with Gasteiger partial charge in [0.1, 0.15) is 18.8 Å². The van der Waals surface area contributed by atoms with Crippen molar-refractivity contribution in [3.05, 3.63) is 24.8 Å². The van der Waals surface area contributed by atoms with Crippen LogP contribution < -0.4 is 0 Å². The number of allylic oxidation sites excluding steroid dienone is 2. The lowest BCUT2D eigenvalue weighted by molar-refractivity contribution is -0.0167. The predicted octanol–water partition coefficient (Wildman–Crippen LogP) is 6.07. The van der Waals surface area contributed by atoms with Crippen molar-refractivity contribution in [2.24, 2.45) is 5.92 Å². The summed E-state index contributed by atoms with van der Waals surface area (Å²) < 4.78 is 25.2. The Kier molecular flexibility index (Phi) is 43.9. The molecule has 0 amide bonds. The number of hydrogen-bond donors (Lipinski definition) is 2. The van der Waals surface area contributed by atoms with Crippen LogP contribution >= 0.6 is 0 Å². The molecule has 0 bridgehead atoms. The molecule has 1 aliphatic heterocycles. The van der Waals surface area contributed by atoms with Crippen LogP contribution in [-0.4, -0.2) is 86.5 Å². The van der Waals surface area contributed by atoms with Crippen molar-refractivity contribution in [3.8, 4) is 12.3 Å². The molecule has 2 unspecified atom stereocenters. The van der Waals surface area contributed by atoms with Crippen LogP contribution in [-0.2, 0) is 23.7 Å². The summed E-state index contributed by atoms with van der Waals surface area (Å²) in [5.41, 5.74) is 0. The van der Waals surface area contributed by atoms with Crippen molar-refractivity contribution >= 4 is 0 Å². The van der Waals surface area contributed by atoms with E-state index in [1.54, 1.807) is 6.08 Å². The zero-order valence-corrected chi connectivity index (χ0v) is 25.7. The predicted molar refractivity (Wildman–Crippen MR) is 163 cm³/mol. The molecule has 0 aromatic heterocycles. The van der Waals surface area contributed by atoms with Gasteiger partial charge in [-0.15, -0.1) is 13.0 Å². The van der Waals surface area contributed by atoms with E-state index in [-0.39, 0.29) is 32.8 Å². The van der Waals surface area contributed by atoms with Gasteiger partial charge in [0.05, 0.1) is 57.5 Å². The van der Waals surface area contributed by atoms with Gasteiger partial charge in [-0.2, -0.15) is 0 Å². The summed E-state index contributed by atoms with van der Waals surface area (Å²) in [6.45, 7) is 28.4. The van der Waals surface area contributed by atoms with Gasteiger partial charge in [0, 0.05) is 0 Å². The lowest BCUT2D eigenvalue weighted by Crippen LogP contribution is -2.21. The van der Waals surface area contributed by atoms with Gasteiger partial charge >= 0.3 is 0 Å². The van der Waals surface area contributed by atoms with Crippen molar-refractivity contribution in [2.75, 3.05) is 39.6 Å². The van der Waals surface area contributed by atoms with Crippen molar-refractivity contribution in [1.29, 1.82) is 0 Å². The molecule has 0 spiro atoms. The van der Waals surface area contributed by atoms with E-state index in [4.69, 9.17) is 40.3 Å². The lowest BCUT2D eigenvalue weighted by atomic mass is 10.2. The van der Waals surface area contributed by atoms with Crippen LogP contribution in [0.2, 0.25) is 0 Å². The molecule has 1 saturated heterocycles. The highest BCUT2D eigenvalue weighted by Crippen LogP contribution is 2.09. The molecule has 0 saturated carbocycles. The summed E-state index contributed by atoms with van der Waals surface area (Å²) in [7, 11) is 0. The van der Waals surface area contributed by atoms with E-state index < -0.39 is 6.10 Å². The Labute approximate surface area is 236 Å². The summed E-state index contributed by atoms with van der Waals surface area (Å²) in [6, 6.07) is 0. The van der Waals surface area contributed by atoms with E-state index in [9.17, 15) is 0 Å². The second-order valence-electron chi connectivity index (χ2n) is 9.56. The maximum Gasteiger partial charge on any atom is 0.107 e. The molecule has 0 radical (unpaired) electrons. The first kappa shape index (κ1) is 46.6. The minimum Gasteiger partial charge on any atom is -0.394 e. The Morgan fingerprint density at radius 2 is 1.39 bits per heavy atom. The minimum absolute atomic E-state index is 0. The number of aliphatic hydroxyl groups is 2. The van der Waals surface area contributed by atoms with Crippen LogP contribution in [0.1, 0.15) is 83.6 Å². The van der Waals surface area contributed by atoms with Gasteiger partial charge < -0.3 is 33.9 Å². The van der Waals surface area contributed by atoms with Crippen LogP contribution in [0.4, 0.5) is 0 Å². The van der Waals surface area contributed by atoms with Crippen LogP contribution in [0.5, 0.6) is 0 Å². The van der Waals surface area contributed by atoms with Crippen molar-refractivity contribution in [2.45, 2.75) is 120 Å². The molecule has 0 aromatic carbocycles. The summed E-state index contributed by atoms with van der Waals surface area (Å²) >= 11 is 0. The van der Waals surface area contributed by atoms with Crippen LogP contribution in [0.25, 0.3) is 0 Å². The molecule has 230 valence electrons. The molecule has 1 fully saturated rings. The van der Waals surface area contributed by atoms with Gasteiger partial charge in [-0.25, -0.2) is 0 Å². The van der Waals surface area contributed by atoms with E-state index in [0.717, 1.165) is 19.1 Å². The Morgan fingerprint density at radius 3 is 1.61 bits per heavy atom. The van der Waals surface area contributed by atoms with Crippen LogP contribution in [0.15, 0.2) is 24.8 Å². The van der Waals surface area contributed by atoms with E-state index in [1.165, 1.54) is 0 Å². The third-order valence-corrected chi connectivity index (χ3v) is 3.48. The molecule has 1 rings (SSSR count). The molecule has 7 heteroatoms. The van der Waals surface area contributed by atoms with E-state index >= 15 is 0 Å². The highest BCUT2D eigenvalue weighted by Gasteiger charge is 2.22. The number of ether oxygens (including phenoxy) is 5. The number of epoxide rings is 1. The SMILES string of the molecule is C.C#CCOC(C)C.C/C=C/C(C)C.C=CCOC(C)C.CC(C)OCC(O)CO.CC(C)OCC1CO1. The highest BCUT2D eigenvalue weighted by molar-refractivity contribution is 4.83. The molecule has 7 nitrogen and oxygen atoms in total. The van der Waals surface area contributed by atoms with E-state index in [2.05, 4.69) is 38.5 Å². The topological polar surface area (TPSA) is 89.9 Å². The monoisotopic (exact) mass is 548 g/mol. The normalized spacial score (nSPS) is 14.2. The van der Waals surface area contributed by atoms with Crippen LogP contribution in [0, 0.1) is 18.3 Å². The standard InChI is InChI=1S/C6H14O3.C6H12O2.C6H12O.C6H10O.C6H12.CH4/c1-5(2)9-4-6(8)3-7;1-5(2)7-3-6-4-8-6;2*1-4-5-7-6(2)3;1-4-5-6(2)3;/h5-8H,3-4H2,1-2H3;5-6H,3-4H2,1-2H3;4,6H,1,5H2,2-3H3;1,6H,5H2,2-3H3;4-6H,1-3H3;1H4/b;;;;5-4+;. The maximum absolute atomic E-state index is 8.73. The van der Waals surface area contributed by atoms with E-state index in [0.29, 0.717) is 31.5 Å². The molecular weight excluding hydrogens is 484 g/mol. The number of terminal acetylenes is 1. The quantitative estimate of drug-likeness (QED) is 0.164. The minimum atomic E-state index is -0.729. The first-order valence-corrected chi connectivity index (χ1v) is 13.3. The maximum atomic E-state index is 8.73. The van der Waals surface area contributed by atoms with Gasteiger partial charge in [0.25, 0.3) is 0 Å². The van der Waals surface area contributed by atoms with Gasteiger partial charge in [0.15, 0.2) is 0 Å².